The van der Waals surface area contributed by atoms with Crippen molar-refractivity contribution in [2.24, 2.45) is 0 Å². The zero-order chi connectivity index (χ0) is 15.8. The van der Waals surface area contributed by atoms with Crippen LogP contribution in [-0.4, -0.2) is 36.9 Å². The summed E-state index contributed by atoms with van der Waals surface area (Å²) >= 11 is 0. The maximum Gasteiger partial charge on any atom is 0.227 e. The van der Waals surface area contributed by atoms with E-state index in [4.69, 9.17) is 4.42 Å². The van der Waals surface area contributed by atoms with Crippen LogP contribution in [0.4, 0.5) is 0 Å². The molecule has 1 fully saturated rings. The number of oxazole rings is 1. The molecule has 0 aliphatic carbocycles. The fourth-order valence-electron chi connectivity index (χ4n) is 2.25. The van der Waals surface area contributed by atoms with Crippen LogP contribution in [0.25, 0.3) is 0 Å². The number of aryl methyl sites for hydroxylation is 1. The quantitative estimate of drug-likeness (QED) is 0.903. The lowest BCUT2D eigenvalue weighted by Crippen LogP contribution is -2.36. The minimum absolute atomic E-state index is 0.0291. The average molecular weight is 314 g/mol. The Kier molecular flexibility index (Phi) is 4.15. The molecular weight excluding hydrogens is 292 g/mol. The molecule has 1 saturated heterocycles. The van der Waals surface area contributed by atoms with Crippen LogP contribution in [0.15, 0.2) is 4.42 Å². The van der Waals surface area contributed by atoms with Crippen molar-refractivity contribution in [3.8, 4) is 0 Å². The topological polar surface area (TPSA) is 89.3 Å². The first-order valence-corrected chi connectivity index (χ1v) is 8.85. The van der Waals surface area contributed by atoms with Crippen LogP contribution in [0.3, 0.4) is 0 Å². The maximum atomic E-state index is 12.0. The second kappa shape index (κ2) is 5.44. The number of sulfone groups is 1. The highest BCUT2D eigenvalue weighted by molar-refractivity contribution is 7.91. The van der Waals surface area contributed by atoms with E-state index in [0.29, 0.717) is 23.8 Å². The molecule has 2 rings (SSSR count). The van der Waals surface area contributed by atoms with Crippen LogP contribution >= 0.6 is 0 Å². The zero-order valence-electron chi connectivity index (χ0n) is 12.9. The van der Waals surface area contributed by atoms with Crippen LogP contribution in [0.1, 0.15) is 44.5 Å². The molecule has 1 N–H and O–H groups in total. The van der Waals surface area contributed by atoms with Gasteiger partial charge in [0.15, 0.2) is 15.7 Å². The standard InChI is InChI=1S/C14H22N2O4S/c1-9-11(20-13(15-9)14(2,3)4)7-12(17)16-10-5-6-21(18,19)8-10/h10H,5-8H2,1-4H3,(H,16,17). The Hall–Kier alpha value is -1.37. The van der Waals surface area contributed by atoms with Gasteiger partial charge >= 0.3 is 0 Å². The van der Waals surface area contributed by atoms with Crippen molar-refractivity contribution < 1.29 is 17.6 Å². The summed E-state index contributed by atoms with van der Waals surface area (Å²) in [6.07, 6.45) is 0.572. The zero-order valence-corrected chi connectivity index (χ0v) is 13.7. The predicted molar refractivity (Wildman–Crippen MR) is 78.8 cm³/mol. The van der Waals surface area contributed by atoms with Gasteiger partial charge < -0.3 is 9.73 Å². The molecule has 1 aromatic rings. The second-order valence-corrected chi connectivity index (χ2v) is 8.85. The monoisotopic (exact) mass is 314 g/mol. The van der Waals surface area contributed by atoms with Gasteiger partial charge in [-0.3, -0.25) is 4.79 Å². The van der Waals surface area contributed by atoms with Crippen molar-refractivity contribution in [1.29, 1.82) is 0 Å². The molecule has 1 unspecified atom stereocenters. The smallest absolute Gasteiger partial charge is 0.227 e. The summed E-state index contributed by atoms with van der Waals surface area (Å²) in [5.74, 6) is 1.09. The van der Waals surface area contributed by atoms with Crippen LogP contribution in [0, 0.1) is 6.92 Å². The Morgan fingerprint density at radius 3 is 2.57 bits per heavy atom. The van der Waals surface area contributed by atoms with Crippen molar-refractivity contribution in [3.05, 3.63) is 17.3 Å². The molecule has 7 heteroatoms. The summed E-state index contributed by atoms with van der Waals surface area (Å²) in [6.45, 7) is 7.78. The van der Waals surface area contributed by atoms with Gasteiger partial charge in [-0.05, 0) is 13.3 Å². The third-order valence-electron chi connectivity index (χ3n) is 3.45. The van der Waals surface area contributed by atoms with E-state index in [-0.39, 0.29) is 35.3 Å². The lowest BCUT2D eigenvalue weighted by atomic mass is 9.97. The molecule has 0 saturated carbocycles. The van der Waals surface area contributed by atoms with Gasteiger partial charge in [0.2, 0.25) is 5.91 Å². The van der Waals surface area contributed by atoms with E-state index in [1.807, 2.05) is 20.8 Å². The SMILES string of the molecule is Cc1nc(C(C)(C)C)oc1CC(=O)NC1CCS(=O)(=O)C1. The summed E-state index contributed by atoms with van der Waals surface area (Å²) in [5, 5.41) is 2.75. The first-order chi connectivity index (χ1) is 9.57. The van der Waals surface area contributed by atoms with Crippen molar-refractivity contribution in [1.82, 2.24) is 10.3 Å². The first-order valence-electron chi connectivity index (χ1n) is 7.03. The Labute approximate surface area is 125 Å². The van der Waals surface area contributed by atoms with Crippen LogP contribution in [-0.2, 0) is 26.5 Å². The van der Waals surface area contributed by atoms with E-state index < -0.39 is 9.84 Å². The lowest BCUT2D eigenvalue weighted by molar-refractivity contribution is -0.121. The van der Waals surface area contributed by atoms with Crippen molar-refractivity contribution >= 4 is 15.7 Å². The Morgan fingerprint density at radius 2 is 2.10 bits per heavy atom. The highest BCUT2D eigenvalue weighted by Gasteiger charge is 2.29. The third kappa shape index (κ3) is 4.06. The highest BCUT2D eigenvalue weighted by atomic mass is 32.2. The summed E-state index contributed by atoms with van der Waals surface area (Å²) in [5.41, 5.74) is 0.494. The summed E-state index contributed by atoms with van der Waals surface area (Å²) in [4.78, 5) is 16.3. The summed E-state index contributed by atoms with van der Waals surface area (Å²) in [6, 6.07) is -0.284. The average Bonchev–Trinajstić information content (AvgIpc) is 2.82. The van der Waals surface area contributed by atoms with Gasteiger partial charge in [0, 0.05) is 11.5 Å². The molecule has 1 aliphatic rings. The number of rotatable bonds is 3. The van der Waals surface area contributed by atoms with Crippen LogP contribution in [0.5, 0.6) is 0 Å². The number of nitrogens with zero attached hydrogens (tertiary/aromatic N) is 1. The molecule has 6 nitrogen and oxygen atoms in total. The lowest BCUT2D eigenvalue weighted by Gasteiger charge is -2.12. The second-order valence-electron chi connectivity index (χ2n) is 6.62. The first kappa shape index (κ1) is 16.0. The number of hydrogen-bond donors (Lipinski definition) is 1. The van der Waals surface area contributed by atoms with E-state index in [0.717, 1.165) is 0 Å². The van der Waals surface area contributed by atoms with Crippen LogP contribution in [0.2, 0.25) is 0 Å². The molecular formula is C14H22N2O4S. The van der Waals surface area contributed by atoms with E-state index >= 15 is 0 Å². The van der Waals surface area contributed by atoms with E-state index in [1.165, 1.54) is 0 Å². The molecule has 0 aromatic carbocycles. The van der Waals surface area contributed by atoms with Gasteiger partial charge in [-0.25, -0.2) is 13.4 Å². The molecule has 0 bridgehead atoms. The van der Waals surface area contributed by atoms with Crippen molar-refractivity contribution in [3.63, 3.8) is 0 Å². The molecule has 118 valence electrons. The number of carbonyl (C=O) groups excluding carboxylic acids is 1. The molecule has 1 amide bonds. The molecule has 1 aromatic heterocycles. The summed E-state index contributed by atoms with van der Waals surface area (Å²) in [7, 11) is -2.99. The maximum absolute atomic E-state index is 12.0. The normalized spacial score (nSPS) is 21.4. The van der Waals surface area contributed by atoms with Crippen molar-refractivity contribution in [2.75, 3.05) is 11.5 Å². The van der Waals surface area contributed by atoms with Crippen molar-refractivity contribution in [2.45, 2.75) is 52.0 Å². The fourth-order valence-corrected chi connectivity index (χ4v) is 3.92. The van der Waals surface area contributed by atoms with Gasteiger partial charge in [0.25, 0.3) is 0 Å². The van der Waals surface area contributed by atoms with E-state index in [9.17, 15) is 13.2 Å². The predicted octanol–water partition coefficient (Wildman–Crippen LogP) is 1.13. The Balaban J connectivity index is 1.99. The van der Waals surface area contributed by atoms with E-state index in [1.54, 1.807) is 6.92 Å². The van der Waals surface area contributed by atoms with Crippen LogP contribution < -0.4 is 5.32 Å². The van der Waals surface area contributed by atoms with Gasteiger partial charge in [-0.2, -0.15) is 0 Å². The third-order valence-corrected chi connectivity index (χ3v) is 5.22. The number of aromatic nitrogens is 1. The van der Waals surface area contributed by atoms with Gasteiger partial charge in [0.1, 0.15) is 5.76 Å². The minimum atomic E-state index is -2.99. The molecule has 2 heterocycles. The van der Waals surface area contributed by atoms with Gasteiger partial charge in [-0.15, -0.1) is 0 Å². The molecule has 0 radical (unpaired) electrons. The molecule has 0 spiro atoms. The Morgan fingerprint density at radius 1 is 1.43 bits per heavy atom. The summed E-state index contributed by atoms with van der Waals surface area (Å²) < 4.78 is 28.4. The Bertz CT molecular complexity index is 640. The fraction of sp³-hybridized carbons (Fsp3) is 0.714. The molecule has 21 heavy (non-hydrogen) atoms. The number of amides is 1. The highest BCUT2D eigenvalue weighted by Crippen LogP contribution is 2.24. The van der Waals surface area contributed by atoms with Gasteiger partial charge in [0.05, 0.1) is 23.6 Å². The number of nitrogens with one attached hydrogen (secondary N) is 1. The van der Waals surface area contributed by atoms with E-state index in [2.05, 4.69) is 10.3 Å². The van der Waals surface area contributed by atoms with Gasteiger partial charge in [-0.1, -0.05) is 20.8 Å². The largest absolute Gasteiger partial charge is 0.444 e. The molecule has 1 aliphatic heterocycles. The minimum Gasteiger partial charge on any atom is -0.444 e. The number of hydrogen-bond acceptors (Lipinski definition) is 5. The number of carbonyl (C=O) groups is 1. The molecule has 1 atom stereocenters.